The number of carbonyl (C=O) groups is 1. The van der Waals surface area contributed by atoms with E-state index in [1.165, 1.54) is 30.6 Å². The molecule has 6 nitrogen and oxygen atoms in total. The van der Waals surface area contributed by atoms with Crippen molar-refractivity contribution in [3.63, 3.8) is 0 Å². The Bertz CT molecular complexity index is 515. The average Bonchev–Trinajstić information content (AvgIpc) is 3.00. The Morgan fingerprint density at radius 2 is 2.14 bits per heavy atom. The smallest absolute Gasteiger partial charge is 0.265 e. The highest BCUT2D eigenvalue weighted by Crippen LogP contribution is 2.30. The van der Waals surface area contributed by atoms with Gasteiger partial charge in [-0.25, -0.2) is 4.98 Å². The molecule has 1 aromatic rings. The van der Waals surface area contributed by atoms with Crippen LogP contribution in [0.4, 0.5) is 10.9 Å². The fraction of sp³-hybridized carbons (Fsp3) is 0.714. The van der Waals surface area contributed by atoms with Gasteiger partial charge < -0.3 is 21.1 Å². The van der Waals surface area contributed by atoms with Crippen LogP contribution in [-0.2, 0) is 4.74 Å². The predicted octanol–water partition coefficient (Wildman–Crippen LogP) is 1.99. The first-order chi connectivity index (χ1) is 10.2. The molecule has 1 amide bonds. The number of methoxy groups -OCH3 is 1. The first-order valence-electron chi connectivity index (χ1n) is 7.52. The van der Waals surface area contributed by atoms with E-state index in [2.05, 4.69) is 15.6 Å². The lowest BCUT2D eigenvalue weighted by Crippen LogP contribution is -2.33. The molecule has 2 unspecified atom stereocenters. The van der Waals surface area contributed by atoms with E-state index in [1.54, 1.807) is 7.11 Å². The standard InChI is InChI=1S/C14H22N4O2S/c1-20-10-6-5-9(7-10)16-13(19)11-12(15)18-14(21-11)17-8-3-2-4-8/h8-10H,2-7,15H2,1H3,(H,16,19)(H,17,18). The molecule has 2 aliphatic carbocycles. The van der Waals surface area contributed by atoms with Gasteiger partial charge in [-0.1, -0.05) is 11.3 Å². The van der Waals surface area contributed by atoms with E-state index in [0.29, 0.717) is 16.7 Å². The molecule has 116 valence electrons. The molecular weight excluding hydrogens is 288 g/mol. The van der Waals surface area contributed by atoms with Crippen LogP contribution in [0.5, 0.6) is 0 Å². The molecule has 4 N–H and O–H groups in total. The molecule has 1 heterocycles. The number of ether oxygens (including phenoxy) is 1. The molecule has 7 heteroatoms. The molecule has 21 heavy (non-hydrogen) atoms. The van der Waals surface area contributed by atoms with Crippen molar-refractivity contribution in [2.24, 2.45) is 0 Å². The van der Waals surface area contributed by atoms with Gasteiger partial charge in [-0.3, -0.25) is 4.79 Å². The van der Waals surface area contributed by atoms with Gasteiger partial charge in [0.2, 0.25) is 0 Å². The molecule has 2 fully saturated rings. The number of aromatic nitrogens is 1. The van der Waals surface area contributed by atoms with Crippen LogP contribution in [0, 0.1) is 0 Å². The monoisotopic (exact) mass is 310 g/mol. The Morgan fingerprint density at radius 1 is 1.33 bits per heavy atom. The zero-order valence-electron chi connectivity index (χ0n) is 12.2. The Balaban J connectivity index is 1.59. The van der Waals surface area contributed by atoms with Gasteiger partial charge in [0, 0.05) is 19.2 Å². The zero-order chi connectivity index (χ0) is 14.8. The van der Waals surface area contributed by atoms with E-state index in [9.17, 15) is 4.79 Å². The number of nitrogens with zero attached hydrogens (tertiary/aromatic N) is 1. The molecule has 0 bridgehead atoms. The zero-order valence-corrected chi connectivity index (χ0v) is 13.0. The maximum atomic E-state index is 12.3. The molecule has 0 aliphatic heterocycles. The summed E-state index contributed by atoms with van der Waals surface area (Å²) in [6, 6.07) is 0.663. The summed E-state index contributed by atoms with van der Waals surface area (Å²) in [6.07, 6.45) is 6.67. The summed E-state index contributed by atoms with van der Waals surface area (Å²) >= 11 is 1.34. The van der Waals surface area contributed by atoms with E-state index in [-0.39, 0.29) is 18.1 Å². The van der Waals surface area contributed by atoms with Crippen LogP contribution in [0.25, 0.3) is 0 Å². The molecule has 0 saturated heterocycles. The third-order valence-corrected chi connectivity index (χ3v) is 5.35. The number of rotatable bonds is 5. The van der Waals surface area contributed by atoms with Crippen LogP contribution < -0.4 is 16.4 Å². The number of nitrogens with two attached hydrogens (primary N) is 1. The van der Waals surface area contributed by atoms with Gasteiger partial charge in [0.25, 0.3) is 5.91 Å². The van der Waals surface area contributed by atoms with Crippen LogP contribution in [0.15, 0.2) is 0 Å². The topological polar surface area (TPSA) is 89.3 Å². The fourth-order valence-electron chi connectivity index (χ4n) is 2.82. The quantitative estimate of drug-likeness (QED) is 0.774. The second-order valence-corrected chi connectivity index (χ2v) is 6.85. The molecule has 1 aromatic heterocycles. The van der Waals surface area contributed by atoms with E-state index in [1.807, 2.05) is 0 Å². The molecule has 0 aromatic carbocycles. The van der Waals surface area contributed by atoms with Crippen molar-refractivity contribution in [1.82, 2.24) is 10.3 Å². The number of hydrogen-bond acceptors (Lipinski definition) is 6. The fourth-order valence-corrected chi connectivity index (χ4v) is 3.68. The van der Waals surface area contributed by atoms with E-state index < -0.39 is 0 Å². The minimum absolute atomic E-state index is 0.117. The molecule has 2 saturated carbocycles. The van der Waals surface area contributed by atoms with Crippen molar-refractivity contribution in [2.45, 2.75) is 56.7 Å². The number of nitrogens with one attached hydrogen (secondary N) is 2. The van der Waals surface area contributed by atoms with Crippen LogP contribution >= 0.6 is 11.3 Å². The van der Waals surface area contributed by atoms with Crippen LogP contribution in [-0.4, -0.2) is 36.2 Å². The Labute approximate surface area is 128 Å². The van der Waals surface area contributed by atoms with E-state index in [4.69, 9.17) is 10.5 Å². The molecule has 0 spiro atoms. The third kappa shape index (κ3) is 3.29. The summed E-state index contributed by atoms with van der Waals surface area (Å²) in [4.78, 5) is 17.1. The third-order valence-electron chi connectivity index (χ3n) is 4.35. The first-order valence-corrected chi connectivity index (χ1v) is 8.34. The number of carbonyl (C=O) groups excluding carboxylic acids is 1. The van der Waals surface area contributed by atoms with E-state index in [0.717, 1.165) is 24.4 Å². The van der Waals surface area contributed by atoms with E-state index >= 15 is 0 Å². The van der Waals surface area contributed by atoms with Crippen LogP contribution in [0.1, 0.15) is 48.2 Å². The Kier molecular flexibility index (Phi) is 4.30. The summed E-state index contributed by atoms with van der Waals surface area (Å²) in [6.45, 7) is 0. The first kappa shape index (κ1) is 14.6. The van der Waals surface area contributed by atoms with Gasteiger partial charge in [-0.15, -0.1) is 0 Å². The van der Waals surface area contributed by atoms with Crippen molar-refractivity contribution in [3.05, 3.63) is 4.88 Å². The predicted molar refractivity (Wildman–Crippen MR) is 83.7 cm³/mol. The molecule has 3 rings (SSSR count). The highest BCUT2D eigenvalue weighted by Gasteiger charge is 2.28. The second-order valence-electron chi connectivity index (χ2n) is 5.85. The minimum Gasteiger partial charge on any atom is -0.382 e. The highest BCUT2D eigenvalue weighted by atomic mass is 32.1. The van der Waals surface area contributed by atoms with Gasteiger partial charge in [-0.05, 0) is 38.5 Å². The van der Waals surface area contributed by atoms with Crippen molar-refractivity contribution in [2.75, 3.05) is 18.2 Å². The lowest BCUT2D eigenvalue weighted by atomic mass is 9.93. The number of hydrogen-bond donors (Lipinski definition) is 3. The number of thiazole rings is 1. The molecule has 2 aliphatic rings. The van der Waals surface area contributed by atoms with Gasteiger partial charge in [0.05, 0.1) is 6.10 Å². The SMILES string of the molecule is COC1CCC(NC(=O)c2sc(NC3CCC3)nc2N)C1. The lowest BCUT2D eigenvalue weighted by molar-refractivity contribution is 0.0919. The van der Waals surface area contributed by atoms with Crippen LogP contribution in [0.2, 0.25) is 0 Å². The van der Waals surface area contributed by atoms with Gasteiger partial charge in [0.1, 0.15) is 10.7 Å². The Hall–Kier alpha value is -1.34. The second kappa shape index (κ2) is 6.19. The average molecular weight is 310 g/mol. The molecule has 2 atom stereocenters. The Morgan fingerprint density at radius 3 is 2.76 bits per heavy atom. The van der Waals surface area contributed by atoms with Crippen molar-refractivity contribution >= 4 is 28.2 Å². The number of amides is 1. The summed E-state index contributed by atoms with van der Waals surface area (Å²) in [7, 11) is 1.72. The number of anilines is 2. The van der Waals surface area contributed by atoms with Gasteiger partial charge in [-0.2, -0.15) is 0 Å². The summed E-state index contributed by atoms with van der Waals surface area (Å²) in [5.41, 5.74) is 5.88. The molecular formula is C14H22N4O2S. The van der Waals surface area contributed by atoms with Crippen molar-refractivity contribution in [1.29, 1.82) is 0 Å². The maximum Gasteiger partial charge on any atom is 0.265 e. The van der Waals surface area contributed by atoms with Crippen LogP contribution in [0.3, 0.4) is 0 Å². The normalized spacial score (nSPS) is 25.6. The maximum absolute atomic E-state index is 12.3. The van der Waals surface area contributed by atoms with Gasteiger partial charge >= 0.3 is 0 Å². The summed E-state index contributed by atoms with van der Waals surface area (Å²) < 4.78 is 5.32. The highest BCUT2D eigenvalue weighted by molar-refractivity contribution is 7.18. The van der Waals surface area contributed by atoms with Gasteiger partial charge in [0.15, 0.2) is 5.13 Å². The number of nitrogen functional groups attached to an aromatic ring is 1. The minimum atomic E-state index is -0.117. The van der Waals surface area contributed by atoms with Crippen molar-refractivity contribution in [3.8, 4) is 0 Å². The summed E-state index contributed by atoms with van der Waals surface area (Å²) in [5.74, 6) is 0.203. The summed E-state index contributed by atoms with van der Waals surface area (Å²) in [5, 5.41) is 7.12. The lowest BCUT2D eigenvalue weighted by Gasteiger charge is -2.25. The largest absolute Gasteiger partial charge is 0.382 e. The molecule has 0 radical (unpaired) electrons. The van der Waals surface area contributed by atoms with Crippen molar-refractivity contribution < 1.29 is 9.53 Å².